The zero-order valence-electron chi connectivity index (χ0n) is 12.7. The van der Waals surface area contributed by atoms with Crippen LogP contribution in [0.1, 0.15) is 32.6 Å². The lowest BCUT2D eigenvalue weighted by Crippen LogP contribution is -2.42. The molecule has 1 aromatic carbocycles. The Morgan fingerprint density at radius 3 is 2.62 bits per heavy atom. The first-order valence-corrected chi connectivity index (χ1v) is 8.64. The fourth-order valence-corrected chi connectivity index (χ4v) is 4.51. The summed E-state index contributed by atoms with van der Waals surface area (Å²) in [6, 6.07) is 8.30. The molecule has 2 aliphatic carbocycles. The third-order valence-electron chi connectivity index (χ3n) is 4.81. The smallest absolute Gasteiger partial charge is 0.233 e. The van der Waals surface area contributed by atoms with E-state index in [-0.39, 0.29) is 11.2 Å². The van der Waals surface area contributed by atoms with Crippen LogP contribution >= 0.6 is 11.8 Å². The number of ether oxygens (including phenoxy) is 1. The van der Waals surface area contributed by atoms with E-state index in [2.05, 4.69) is 5.32 Å². The summed E-state index contributed by atoms with van der Waals surface area (Å²) in [5.41, 5.74) is 0. The highest BCUT2D eigenvalue weighted by Crippen LogP contribution is 2.44. The van der Waals surface area contributed by atoms with E-state index in [0.29, 0.717) is 6.04 Å². The first-order chi connectivity index (χ1) is 10.2. The Labute approximate surface area is 130 Å². The fourth-order valence-electron chi connectivity index (χ4n) is 3.63. The van der Waals surface area contributed by atoms with Crippen molar-refractivity contribution in [3.8, 4) is 5.75 Å². The Morgan fingerprint density at radius 2 is 2.05 bits per heavy atom. The Balaban J connectivity index is 1.52. The van der Waals surface area contributed by atoms with Crippen LogP contribution in [0.25, 0.3) is 0 Å². The largest absolute Gasteiger partial charge is 0.497 e. The van der Waals surface area contributed by atoms with Gasteiger partial charge in [-0.25, -0.2) is 0 Å². The molecule has 21 heavy (non-hydrogen) atoms. The SMILES string of the molecule is COc1ccc(S[C@H](C)C(=O)N[C@@H]2C[C@H]3CC[C@H]2C3)cc1. The molecule has 0 spiro atoms. The van der Waals surface area contributed by atoms with Crippen LogP contribution in [0, 0.1) is 11.8 Å². The van der Waals surface area contributed by atoms with Crippen LogP contribution < -0.4 is 10.1 Å². The second kappa shape index (κ2) is 6.30. The van der Waals surface area contributed by atoms with Gasteiger partial charge in [0.1, 0.15) is 5.75 Å². The van der Waals surface area contributed by atoms with E-state index in [4.69, 9.17) is 4.74 Å². The molecule has 1 amide bonds. The molecule has 2 aliphatic rings. The number of carbonyl (C=O) groups excluding carboxylic acids is 1. The van der Waals surface area contributed by atoms with Gasteiger partial charge in [-0.3, -0.25) is 4.79 Å². The summed E-state index contributed by atoms with van der Waals surface area (Å²) in [7, 11) is 1.66. The first kappa shape index (κ1) is 14.8. The van der Waals surface area contributed by atoms with Gasteiger partial charge in [-0.1, -0.05) is 6.42 Å². The van der Waals surface area contributed by atoms with Crippen LogP contribution in [-0.2, 0) is 4.79 Å². The molecule has 0 radical (unpaired) electrons. The summed E-state index contributed by atoms with van der Waals surface area (Å²) in [6.07, 6.45) is 5.18. The molecule has 2 saturated carbocycles. The van der Waals surface area contributed by atoms with Gasteiger partial charge in [0, 0.05) is 10.9 Å². The molecule has 0 saturated heterocycles. The van der Waals surface area contributed by atoms with Crippen molar-refractivity contribution in [2.45, 2.75) is 48.8 Å². The molecule has 1 aromatic rings. The number of rotatable bonds is 5. The minimum Gasteiger partial charge on any atom is -0.497 e. The van der Waals surface area contributed by atoms with Gasteiger partial charge in [-0.15, -0.1) is 11.8 Å². The Hall–Kier alpha value is -1.16. The molecule has 3 rings (SSSR count). The van der Waals surface area contributed by atoms with Gasteiger partial charge in [0.05, 0.1) is 12.4 Å². The standard InChI is InChI=1S/C17H23NO2S/c1-11(21-15-7-5-14(20-2)6-8-15)17(19)18-16-10-12-3-4-13(16)9-12/h5-8,11-13,16H,3-4,9-10H2,1-2H3,(H,18,19)/t11-,12+,13+,16-/m1/s1. The van der Waals surface area contributed by atoms with Crippen LogP contribution in [0.3, 0.4) is 0 Å². The minimum absolute atomic E-state index is 0.0579. The average molecular weight is 305 g/mol. The van der Waals surface area contributed by atoms with Gasteiger partial charge in [-0.2, -0.15) is 0 Å². The number of hydrogen-bond donors (Lipinski definition) is 1. The van der Waals surface area contributed by atoms with E-state index in [1.807, 2.05) is 31.2 Å². The fraction of sp³-hybridized carbons (Fsp3) is 0.588. The third kappa shape index (κ3) is 3.37. The molecule has 0 aliphatic heterocycles. The van der Waals surface area contributed by atoms with Crippen LogP contribution in [0.4, 0.5) is 0 Å². The first-order valence-electron chi connectivity index (χ1n) is 7.77. The average Bonchev–Trinajstić information content (AvgIpc) is 3.10. The molecule has 114 valence electrons. The number of thioether (sulfide) groups is 1. The highest BCUT2D eigenvalue weighted by Gasteiger charge is 2.40. The summed E-state index contributed by atoms with van der Waals surface area (Å²) in [5.74, 6) is 2.62. The molecule has 0 unspecified atom stereocenters. The summed E-state index contributed by atoms with van der Waals surface area (Å²) < 4.78 is 5.15. The Morgan fingerprint density at radius 1 is 1.29 bits per heavy atom. The Bertz CT molecular complexity index is 502. The van der Waals surface area contributed by atoms with Crippen molar-refractivity contribution in [3.63, 3.8) is 0 Å². The molecule has 2 fully saturated rings. The monoisotopic (exact) mass is 305 g/mol. The molecule has 3 nitrogen and oxygen atoms in total. The molecule has 0 heterocycles. The maximum Gasteiger partial charge on any atom is 0.233 e. The lowest BCUT2D eigenvalue weighted by Gasteiger charge is -2.24. The zero-order chi connectivity index (χ0) is 14.8. The predicted molar refractivity (Wildman–Crippen MR) is 85.7 cm³/mol. The lowest BCUT2D eigenvalue weighted by molar-refractivity contribution is -0.121. The van der Waals surface area contributed by atoms with Crippen LogP contribution in [0.2, 0.25) is 0 Å². The van der Waals surface area contributed by atoms with Crippen LogP contribution in [0.5, 0.6) is 5.75 Å². The number of nitrogens with one attached hydrogen (secondary N) is 1. The van der Waals surface area contributed by atoms with E-state index in [1.54, 1.807) is 18.9 Å². The van der Waals surface area contributed by atoms with E-state index >= 15 is 0 Å². The van der Waals surface area contributed by atoms with E-state index < -0.39 is 0 Å². The van der Waals surface area contributed by atoms with Gasteiger partial charge in [0.2, 0.25) is 5.91 Å². The van der Waals surface area contributed by atoms with Crippen LogP contribution in [0.15, 0.2) is 29.2 Å². The van der Waals surface area contributed by atoms with Crippen molar-refractivity contribution in [1.82, 2.24) is 5.32 Å². The maximum atomic E-state index is 12.3. The molecule has 2 bridgehead atoms. The molecular formula is C17H23NO2S. The van der Waals surface area contributed by atoms with E-state index in [0.717, 1.165) is 22.5 Å². The lowest BCUT2D eigenvalue weighted by atomic mass is 9.95. The number of amides is 1. The molecule has 4 heteroatoms. The summed E-state index contributed by atoms with van der Waals surface area (Å²) in [5, 5.41) is 3.21. The number of carbonyl (C=O) groups is 1. The Kier molecular flexibility index (Phi) is 4.43. The topological polar surface area (TPSA) is 38.3 Å². The molecular weight excluding hydrogens is 282 g/mol. The summed E-state index contributed by atoms with van der Waals surface area (Å²) >= 11 is 1.61. The molecule has 1 N–H and O–H groups in total. The van der Waals surface area contributed by atoms with Crippen molar-refractivity contribution >= 4 is 17.7 Å². The van der Waals surface area contributed by atoms with Crippen molar-refractivity contribution in [2.75, 3.05) is 7.11 Å². The number of benzene rings is 1. The number of methoxy groups -OCH3 is 1. The highest BCUT2D eigenvalue weighted by atomic mass is 32.2. The van der Waals surface area contributed by atoms with Gasteiger partial charge < -0.3 is 10.1 Å². The maximum absolute atomic E-state index is 12.3. The summed E-state index contributed by atoms with van der Waals surface area (Å²) in [4.78, 5) is 13.4. The van der Waals surface area contributed by atoms with Crippen molar-refractivity contribution in [2.24, 2.45) is 11.8 Å². The molecule has 4 atom stereocenters. The minimum atomic E-state index is -0.0579. The second-order valence-corrected chi connectivity index (χ2v) is 7.64. The predicted octanol–water partition coefficient (Wildman–Crippen LogP) is 3.48. The van der Waals surface area contributed by atoms with Crippen molar-refractivity contribution in [3.05, 3.63) is 24.3 Å². The van der Waals surface area contributed by atoms with Gasteiger partial charge in [0.25, 0.3) is 0 Å². The number of fused-ring (bicyclic) bond motifs is 2. The molecule has 0 aromatic heterocycles. The highest BCUT2D eigenvalue weighted by molar-refractivity contribution is 8.00. The van der Waals surface area contributed by atoms with Gasteiger partial charge in [-0.05, 0) is 62.3 Å². The third-order valence-corrected chi connectivity index (χ3v) is 5.92. The second-order valence-electron chi connectivity index (χ2n) is 6.23. The van der Waals surface area contributed by atoms with Crippen LogP contribution in [-0.4, -0.2) is 24.3 Å². The summed E-state index contributed by atoms with van der Waals surface area (Å²) in [6.45, 7) is 1.98. The quantitative estimate of drug-likeness (QED) is 0.846. The van der Waals surface area contributed by atoms with Crippen molar-refractivity contribution < 1.29 is 9.53 Å². The zero-order valence-corrected chi connectivity index (χ0v) is 13.5. The van der Waals surface area contributed by atoms with Gasteiger partial charge in [0.15, 0.2) is 0 Å². The van der Waals surface area contributed by atoms with Crippen molar-refractivity contribution in [1.29, 1.82) is 0 Å². The van der Waals surface area contributed by atoms with E-state index in [1.165, 1.54) is 25.7 Å². The van der Waals surface area contributed by atoms with Gasteiger partial charge >= 0.3 is 0 Å². The van der Waals surface area contributed by atoms with E-state index in [9.17, 15) is 4.79 Å². The normalized spacial score (nSPS) is 28.4. The number of hydrogen-bond acceptors (Lipinski definition) is 3.